The van der Waals surface area contributed by atoms with Gasteiger partial charge in [-0.15, -0.1) is 0 Å². The Morgan fingerprint density at radius 2 is 1.95 bits per heavy atom. The van der Waals surface area contributed by atoms with E-state index in [0.717, 1.165) is 16.6 Å². The lowest BCUT2D eigenvalue weighted by atomic mass is 10.2. The molecule has 0 aliphatic carbocycles. The predicted molar refractivity (Wildman–Crippen MR) is 84.1 cm³/mol. The molecule has 0 radical (unpaired) electrons. The number of halogens is 1. The summed E-state index contributed by atoms with van der Waals surface area (Å²) >= 11 is 3.45. The van der Waals surface area contributed by atoms with Gasteiger partial charge in [-0.05, 0) is 52.2 Å². The summed E-state index contributed by atoms with van der Waals surface area (Å²) in [5, 5.41) is 2.77. The topological polar surface area (TPSA) is 38.3 Å². The number of aryl methyl sites for hydroxylation is 1. The summed E-state index contributed by atoms with van der Waals surface area (Å²) < 4.78 is 6.38. The molecule has 0 aromatic heterocycles. The Bertz CT molecular complexity index is 584. The lowest BCUT2D eigenvalue weighted by molar-refractivity contribution is -0.118. The summed E-state index contributed by atoms with van der Waals surface area (Å²) in [5.41, 5.74) is 1.99. The van der Waals surface area contributed by atoms with E-state index in [0.29, 0.717) is 5.75 Å². The van der Waals surface area contributed by atoms with Gasteiger partial charge in [0.2, 0.25) is 0 Å². The van der Waals surface area contributed by atoms with E-state index in [-0.39, 0.29) is 12.5 Å². The van der Waals surface area contributed by atoms with Gasteiger partial charge in [0.25, 0.3) is 5.91 Å². The zero-order valence-electron chi connectivity index (χ0n) is 11.2. The van der Waals surface area contributed by atoms with Crippen LogP contribution in [0.4, 0.5) is 5.69 Å². The third-order valence-corrected chi connectivity index (χ3v) is 3.44. The summed E-state index contributed by atoms with van der Waals surface area (Å²) in [6.07, 6.45) is 0.966. The van der Waals surface area contributed by atoms with Crippen molar-refractivity contribution in [3.8, 4) is 5.75 Å². The van der Waals surface area contributed by atoms with Crippen LogP contribution in [-0.2, 0) is 11.2 Å². The molecule has 0 atom stereocenters. The second kappa shape index (κ2) is 7.10. The van der Waals surface area contributed by atoms with Crippen molar-refractivity contribution in [2.45, 2.75) is 13.3 Å². The first kappa shape index (κ1) is 14.6. The number of para-hydroxylation sites is 1. The second-order valence-electron chi connectivity index (χ2n) is 4.32. The highest BCUT2D eigenvalue weighted by Crippen LogP contribution is 2.26. The quantitative estimate of drug-likeness (QED) is 0.897. The Morgan fingerprint density at radius 3 is 2.60 bits per heavy atom. The molecule has 0 bridgehead atoms. The minimum Gasteiger partial charge on any atom is -0.483 e. The van der Waals surface area contributed by atoms with Gasteiger partial charge in [0.15, 0.2) is 6.61 Å². The van der Waals surface area contributed by atoms with Crippen LogP contribution in [0.15, 0.2) is 53.0 Å². The second-order valence-corrected chi connectivity index (χ2v) is 5.18. The van der Waals surface area contributed by atoms with Crippen molar-refractivity contribution < 1.29 is 9.53 Å². The summed E-state index contributed by atoms with van der Waals surface area (Å²) in [7, 11) is 0. The monoisotopic (exact) mass is 333 g/mol. The molecule has 104 valence electrons. The Balaban J connectivity index is 1.90. The molecule has 0 fully saturated rings. The number of nitrogens with one attached hydrogen (secondary N) is 1. The van der Waals surface area contributed by atoms with Gasteiger partial charge in [-0.3, -0.25) is 4.79 Å². The van der Waals surface area contributed by atoms with Crippen molar-refractivity contribution in [2.75, 3.05) is 11.9 Å². The molecule has 0 heterocycles. The van der Waals surface area contributed by atoms with Crippen LogP contribution in [0.3, 0.4) is 0 Å². The number of carbonyl (C=O) groups is 1. The lowest BCUT2D eigenvalue weighted by Gasteiger charge is -2.09. The van der Waals surface area contributed by atoms with E-state index in [1.165, 1.54) is 5.56 Å². The van der Waals surface area contributed by atoms with Crippen LogP contribution in [0.25, 0.3) is 0 Å². The minimum absolute atomic E-state index is 0.0149. The van der Waals surface area contributed by atoms with Crippen LogP contribution >= 0.6 is 15.9 Å². The highest BCUT2D eigenvalue weighted by molar-refractivity contribution is 9.10. The standard InChI is InChI=1S/C16H16BrNO2/c1-2-12-8-9-15(14(17)10-12)20-11-16(19)18-13-6-4-3-5-7-13/h3-10H,2,11H2,1H3,(H,18,19). The fourth-order valence-corrected chi connectivity index (χ4v) is 2.28. The average Bonchev–Trinajstić information content (AvgIpc) is 2.47. The van der Waals surface area contributed by atoms with E-state index < -0.39 is 0 Å². The average molecular weight is 334 g/mol. The van der Waals surface area contributed by atoms with Gasteiger partial charge < -0.3 is 10.1 Å². The fourth-order valence-electron chi connectivity index (χ4n) is 1.74. The molecular formula is C16H16BrNO2. The number of ether oxygens (including phenoxy) is 1. The Hall–Kier alpha value is -1.81. The van der Waals surface area contributed by atoms with Gasteiger partial charge in [-0.1, -0.05) is 31.2 Å². The van der Waals surface area contributed by atoms with Crippen molar-refractivity contribution in [3.63, 3.8) is 0 Å². The molecule has 2 aromatic carbocycles. The number of hydrogen-bond donors (Lipinski definition) is 1. The maximum atomic E-state index is 11.8. The molecule has 0 spiro atoms. The van der Waals surface area contributed by atoms with Crippen LogP contribution in [0.5, 0.6) is 5.75 Å². The SMILES string of the molecule is CCc1ccc(OCC(=O)Nc2ccccc2)c(Br)c1. The van der Waals surface area contributed by atoms with Crippen molar-refractivity contribution in [1.29, 1.82) is 0 Å². The minimum atomic E-state index is -0.178. The molecule has 3 nitrogen and oxygen atoms in total. The normalized spacial score (nSPS) is 10.1. The Labute approximate surface area is 127 Å². The van der Waals surface area contributed by atoms with Gasteiger partial charge in [0.05, 0.1) is 4.47 Å². The van der Waals surface area contributed by atoms with E-state index in [1.54, 1.807) is 0 Å². The molecule has 0 saturated carbocycles. The molecule has 0 unspecified atom stereocenters. The number of rotatable bonds is 5. The van der Waals surface area contributed by atoms with Gasteiger partial charge in [-0.25, -0.2) is 0 Å². The third-order valence-electron chi connectivity index (χ3n) is 2.82. The van der Waals surface area contributed by atoms with Crippen molar-refractivity contribution >= 4 is 27.5 Å². The van der Waals surface area contributed by atoms with Crippen molar-refractivity contribution in [2.24, 2.45) is 0 Å². The van der Waals surface area contributed by atoms with Crippen molar-refractivity contribution in [1.82, 2.24) is 0 Å². The molecule has 2 rings (SSSR count). The number of amides is 1. The molecule has 2 aromatic rings. The van der Waals surface area contributed by atoms with Crippen molar-refractivity contribution in [3.05, 3.63) is 58.6 Å². The summed E-state index contributed by atoms with van der Waals surface area (Å²) in [4.78, 5) is 11.8. The first-order chi connectivity index (χ1) is 9.69. The molecule has 0 aliphatic heterocycles. The third kappa shape index (κ3) is 4.10. The Morgan fingerprint density at radius 1 is 1.20 bits per heavy atom. The van der Waals surface area contributed by atoms with Gasteiger partial charge in [0.1, 0.15) is 5.75 Å². The summed E-state index contributed by atoms with van der Waals surface area (Å²) in [5.74, 6) is 0.494. The van der Waals surface area contributed by atoms with Crippen LogP contribution in [0.1, 0.15) is 12.5 Å². The highest BCUT2D eigenvalue weighted by atomic mass is 79.9. The number of anilines is 1. The summed E-state index contributed by atoms with van der Waals surface area (Å²) in [6, 6.07) is 15.2. The largest absolute Gasteiger partial charge is 0.483 e. The number of hydrogen-bond acceptors (Lipinski definition) is 2. The van der Waals surface area contributed by atoms with Gasteiger partial charge in [-0.2, -0.15) is 0 Å². The first-order valence-corrected chi connectivity index (χ1v) is 7.24. The van der Waals surface area contributed by atoms with E-state index in [9.17, 15) is 4.79 Å². The number of benzene rings is 2. The zero-order chi connectivity index (χ0) is 14.4. The molecule has 1 amide bonds. The summed E-state index contributed by atoms with van der Waals surface area (Å²) in [6.45, 7) is 2.08. The van der Waals surface area contributed by atoms with E-state index >= 15 is 0 Å². The molecule has 1 N–H and O–H groups in total. The van der Waals surface area contributed by atoms with Gasteiger partial charge in [0, 0.05) is 5.69 Å². The lowest BCUT2D eigenvalue weighted by Crippen LogP contribution is -2.20. The van der Waals surface area contributed by atoms with E-state index in [1.807, 2.05) is 48.5 Å². The smallest absolute Gasteiger partial charge is 0.262 e. The van der Waals surface area contributed by atoms with E-state index in [2.05, 4.69) is 28.2 Å². The fraction of sp³-hybridized carbons (Fsp3) is 0.188. The molecule has 4 heteroatoms. The Kier molecular flexibility index (Phi) is 5.18. The van der Waals surface area contributed by atoms with Crippen LogP contribution in [-0.4, -0.2) is 12.5 Å². The van der Waals surface area contributed by atoms with Crippen LogP contribution < -0.4 is 10.1 Å². The first-order valence-electron chi connectivity index (χ1n) is 6.45. The maximum Gasteiger partial charge on any atom is 0.262 e. The number of carbonyl (C=O) groups excluding carboxylic acids is 1. The molecule has 0 aliphatic rings. The molecule has 20 heavy (non-hydrogen) atoms. The van der Waals surface area contributed by atoms with Crippen LogP contribution in [0.2, 0.25) is 0 Å². The predicted octanol–water partition coefficient (Wildman–Crippen LogP) is 4.03. The van der Waals surface area contributed by atoms with Gasteiger partial charge >= 0.3 is 0 Å². The molecular weight excluding hydrogens is 318 g/mol. The zero-order valence-corrected chi connectivity index (χ0v) is 12.8. The highest BCUT2D eigenvalue weighted by Gasteiger charge is 2.06. The van der Waals surface area contributed by atoms with Crippen LogP contribution in [0, 0.1) is 0 Å². The molecule has 0 saturated heterocycles. The van der Waals surface area contributed by atoms with E-state index in [4.69, 9.17) is 4.74 Å². The maximum absolute atomic E-state index is 11.8.